The van der Waals surface area contributed by atoms with Crippen LogP contribution in [0.25, 0.3) is 0 Å². The molecular formula is C12H12N2O3. The van der Waals surface area contributed by atoms with Crippen LogP contribution < -0.4 is 0 Å². The van der Waals surface area contributed by atoms with Crippen molar-refractivity contribution in [2.24, 2.45) is 7.05 Å². The maximum atomic E-state index is 11.3. The van der Waals surface area contributed by atoms with Gasteiger partial charge >= 0.3 is 5.97 Å². The second-order valence-electron chi connectivity index (χ2n) is 3.76. The minimum atomic E-state index is -0.995. The molecular weight excluding hydrogens is 220 g/mol. The molecule has 2 N–H and O–H groups in total. The first-order chi connectivity index (χ1) is 8.09. The fraction of sp³-hybridized carbons (Fsp3) is 0.167. The molecule has 1 aromatic carbocycles. The summed E-state index contributed by atoms with van der Waals surface area (Å²) in [5.41, 5.74) is 0.506. The van der Waals surface area contributed by atoms with Crippen molar-refractivity contribution < 1.29 is 15.0 Å². The molecule has 0 aliphatic heterocycles. The van der Waals surface area contributed by atoms with Crippen molar-refractivity contribution in [3.8, 4) is 5.75 Å². The highest BCUT2D eigenvalue weighted by Gasteiger charge is 2.25. The van der Waals surface area contributed by atoms with E-state index in [1.54, 1.807) is 36.1 Å². The summed E-state index contributed by atoms with van der Waals surface area (Å²) in [5, 5.41) is 18.7. The predicted molar refractivity (Wildman–Crippen MR) is 60.8 cm³/mol. The summed E-state index contributed by atoms with van der Waals surface area (Å²) in [6.45, 7) is 0. The molecule has 0 amide bonds. The van der Waals surface area contributed by atoms with E-state index in [1.807, 2.05) is 0 Å². The second-order valence-corrected chi connectivity index (χ2v) is 3.76. The number of carboxylic acid groups (broad SMARTS) is 1. The van der Waals surface area contributed by atoms with Crippen molar-refractivity contribution in [2.75, 3.05) is 0 Å². The molecule has 88 valence electrons. The lowest BCUT2D eigenvalue weighted by molar-refractivity contribution is -0.137. The zero-order chi connectivity index (χ0) is 12.4. The third kappa shape index (κ3) is 2.13. The van der Waals surface area contributed by atoms with Gasteiger partial charge in [-0.1, -0.05) is 12.1 Å². The van der Waals surface area contributed by atoms with E-state index in [2.05, 4.69) is 4.98 Å². The maximum absolute atomic E-state index is 11.3. The Hall–Kier alpha value is -2.30. The molecule has 5 heteroatoms. The van der Waals surface area contributed by atoms with Gasteiger partial charge in [0.1, 0.15) is 17.5 Å². The highest BCUT2D eigenvalue weighted by molar-refractivity contribution is 5.79. The summed E-state index contributed by atoms with van der Waals surface area (Å²) in [5.74, 6) is -1.39. The SMILES string of the molecule is Cn1ccnc1C(C(=O)O)c1cccc(O)c1. The number of aryl methyl sites for hydroxylation is 1. The summed E-state index contributed by atoms with van der Waals surface area (Å²) < 4.78 is 1.66. The molecule has 0 saturated carbocycles. The van der Waals surface area contributed by atoms with Crippen LogP contribution in [0.2, 0.25) is 0 Å². The predicted octanol–water partition coefficient (Wildman–Crippen LogP) is 1.34. The molecule has 0 bridgehead atoms. The van der Waals surface area contributed by atoms with Crippen LogP contribution in [0.3, 0.4) is 0 Å². The Morgan fingerprint density at radius 3 is 2.76 bits per heavy atom. The van der Waals surface area contributed by atoms with Gasteiger partial charge in [-0.15, -0.1) is 0 Å². The minimum absolute atomic E-state index is 0.0444. The number of benzene rings is 1. The number of rotatable bonds is 3. The number of nitrogens with zero attached hydrogens (tertiary/aromatic N) is 2. The molecule has 0 aliphatic rings. The van der Waals surface area contributed by atoms with Crippen LogP contribution in [-0.4, -0.2) is 25.7 Å². The van der Waals surface area contributed by atoms with Gasteiger partial charge in [-0.3, -0.25) is 4.79 Å². The summed E-state index contributed by atoms with van der Waals surface area (Å²) in [6.07, 6.45) is 3.24. The number of aromatic hydroxyl groups is 1. The molecule has 5 nitrogen and oxygen atoms in total. The zero-order valence-electron chi connectivity index (χ0n) is 9.24. The largest absolute Gasteiger partial charge is 0.508 e. The second kappa shape index (κ2) is 4.29. The molecule has 2 rings (SSSR count). The number of hydrogen-bond donors (Lipinski definition) is 2. The van der Waals surface area contributed by atoms with Gasteiger partial charge < -0.3 is 14.8 Å². The van der Waals surface area contributed by atoms with Crippen LogP contribution in [0.5, 0.6) is 5.75 Å². The van der Waals surface area contributed by atoms with E-state index in [0.717, 1.165) is 0 Å². The molecule has 2 aromatic rings. The Balaban J connectivity index is 2.50. The van der Waals surface area contributed by atoms with Crippen molar-refractivity contribution in [2.45, 2.75) is 5.92 Å². The number of carboxylic acids is 1. The zero-order valence-corrected chi connectivity index (χ0v) is 9.24. The number of aromatic nitrogens is 2. The van der Waals surface area contributed by atoms with Crippen LogP contribution in [0.4, 0.5) is 0 Å². The van der Waals surface area contributed by atoms with E-state index >= 15 is 0 Å². The molecule has 0 radical (unpaired) electrons. The Morgan fingerprint density at radius 2 is 2.24 bits per heavy atom. The van der Waals surface area contributed by atoms with Gasteiger partial charge in [-0.25, -0.2) is 4.98 Å². The van der Waals surface area contributed by atoms with Crippen LogP contribution >= 0.6 is 0 Å². The van der Waals surface area contributed by atoms with E-state index in [4.69, 9.17) is 0 Å². The topological polar surface area (TPSA) is 75.4 Å². The Labute approximate surface area is 98.0 Å². The lowest BCUT2D eigenvalue weighted by Gasteiger charge is -2.12. The number of phenolic OH excluding ortho intramolecular Hbond substituents is 1. The molecule has 1 aromatic heterocycles. The summed E-state index contributed by atoms with van der Waals surface area (Å²) in [7, 11) is 1.74. The Morgan fingerprint density at radius 1 is 1.47 bits per heavy atom. The first kappa shape index (κ1) is 11.2. The van der Waals surface area contributed by atoms with Crippen LogP contribution in [0, 0.1) is 0 Å². The number of imidazole rings is 1. The average Bonchev–Trinajstić information content (AvgIpc) is 2.65. The van der Waals surface area contributed by atoms with E-state index in [9.17, 15) is 15.0 Å². The van der Waals surface area contributed by atoms with Crippen molar-refractivity contribution in [3.05, 3.63) is 48.0 Å². The highest BCUT2D eigenvalue weighted by atomic mass is 16.4. The molecule has 0 saturated heterocycles. The lowest BCUT2D eigenvalue weighted by Crippen LogP contribution is -2.17. The Bertz CT molecular complexity index is 548. The number of carbonyl (C=O) groups is 1. The van der Waals surface area contributed by atoms with Crippen molar-refractivity contribution in [1.29, 1.82) is 0 Å². The third-order valence-corrected chi connectivity index (χ3v) is 2.57. The fourth-order valence-electron chi connectivity index (χ4n) is 1.76. The molecule has 1 heterocycles. The van der Waals surface area contributed by atoms with Gasteiger partial charge in [-0.05, 0) is 17.7 Å². The van der Waals surface area contributed by atoms with E-state index in [1.165, 1.54) is 12.1 Å². The van der Waals surface area contributed by atoms with E-state index in [-0.39, 0.29) is 5.75 Å². The fourth-order valence-corrected chi connectivity index (χ4v) is 1.76. The van der Waals surface area contributed by atoms with Crippen LogP contribution in [0.1, 0.15) is 17.3 Å². The number of phenols is 1. The smallest absolute Gasteiger partial charge is 0.318 e. The molecule has 1 atom stereocenters. The normalized spacial score (nSPS) is 12.3. The first-order valence-corrected chi connectivity index (χ1v) is 5.08. The van der Waals surface area contributed by atoms with E-state index < -0.39 is 11.9 Å². The summed E-state index contributed by atoms with van der Waals surface area (Å²) in [4.78, 5) is 15.4. The molecule has 0 spiro atoms. The van der Waals surface area contributed by atoms with Crippen LogP contribution in [-0.2, 0) is 11.8 Å². The molecule has 0 aliphatic carbocycles. The van der Waals surface area contributed by atoms with Crippen molar-refractivity contribution in [1.82, 2.24) is 9.55 Å². The summed E-state index contributed by atoms with van der Waals surface area (Å²) >= 11 is 0. The Kier molecular flexibility index (Phi) is 2.82. The van der Waals surface area contributed by atoms with Gasteiger partial charge in [0.05, 0.1) is 0 Å². The molecule has 17 heavy (non-hydrogen) atoms. The van der Waals surface area contributed by atoms with Crippen molar-refractivity contribution >= 4 is 5.97 Å². The molecule has 1 unspecified atom stereocenters. The first-order valence-electron chi connectivity index (χ1n) is 5.08. The van der Waals surface area contributed by atoms with Gasteiger partial charge in [0, 0.05) is 19.4 Å². The number of hydrogen-bond acceptors (Lipinski definition) is 3. The van der Waals surface area contributed by atoms with Gasteiger partial charge in [0.25, 0.3) is 0 Å². The third-order valence-electron chi connectivity index (χ3n) is 2.57. The minimum Gasteiger partial charge on any atom is -0.508 e. The van der Waals surface area contributed by atoms with Crippen LogP contribution in [0.15, 0.2) is 36.7 Å². The standard InChI is InChI=1S/C12H12N2O3/c1-14-6-5-13-11(14)10(12(16)17)8-3-2-4-9(15)7-8/h2-7,10,15H,1H3,(H,16,17). The average molecular weight is 232 g/mol. The molecule has 0 fully saturated rings. The highest BCUT2D eigenvalue weighted by Crippen LogP contribution is 2.25. The van der Waals surface area contributed by atoms with Gasteiger partial charge in [0.15, 0.2) is 0 Å². The quantitative estimate of drug-likeness (QED) is 0.837. The number of aliphatic carboxylic acids is 1. The van der Waals surface area contributed by atoms with Gasteiger partial charge in [-0.2, -0.15) is 0 Å². The monoisotopic (exact) mass is 232 g/mol. The summed E-state index contributed by atoms with van der Waals surface area (Å²) in [6, 6.07) is 6.21. The lowest BCUT2D eigenvalue weighted by atomic mass is 9.98. The van der Waals surface area contributed by atoms with Crippen molar-refractivity contribution in [3.63, 3.8) is 0 Å². The van der Waals surface area contributed by atoms with E-state index in [0.29, 0.717) is 11.4 Å². The maximum Gasteiger partial charge on any atom is 0.318 e. The van der Waals surface area contributed by atoms with Gasteiger partial charge in [0.2, 0.25) is 0 Å².